The van der Waals surface area contributed by atoms with Gasteiger partial charge in [0.2, 0.25) is 0 Å². The maximum atomic E-state index is 14.0. The van der Waals surface area contributed by atoms with Gasteiger partial charge in [0, 0.05) is 23.7 Å². The van der Waals surface area contributed by atoms with Gasteiger partial charge < -0.3 is 10.1 Å². The largest absolute Gasteiger partial charge is 0.497 e. The number of rotatable bonds is 4. The molecule has 1 saturated carbocycles. The number of methoxy groups -OCH3 is 1. The molecule has 102 valence electrons. The van der Waals surface area contributed by atoms with Crippen molar-refractivity contribution in [1.29, 1.82) is 5.26 Å². The van der Waals surface area contributed by atoms with Crippen molar-refractivity contribution in [3.05, 3.63) is 29.6 Å². The molecule has 19 heavy (non-hydrogen) atoms. The Labute approximate surface area is 113 Å². The van der Waals surface area contributed by atoms with Crippen LogP contribution in [-0.2, 0) is 0 Å². The molecule has 1 aliphatic carbocycles. The Morgan fingerprint density at radius 3 is 2.89 bits per heavy atom. The predicted octanol–water partition coefficient (Wildman–Crippen LogP) is 3.18. The first-order valence-corrected chi connectivity index (χ1v) is 6.64. The molecule has 2 rings (SSSR count). The molecule has 0 radical (unpaired) electrons. The maximum absolute atomic E-state index is 14.0. The quantitative estimate of drug-likeness (QED) is 0.906. The van der Waals surface area contributed by atoms with Crippen LogP contribution in [0.15, 0.2) is 18.2 Å². The SMILES string of the molecule is COc1ccc(C(C)NC2CCCC2C#N)c(F)c1. The van der Waals surface area contributed by atoms with Gasteiger partial charge in [-0.3, -0.25) is 0 Å². The Kier molecular flexibility index (Phi) is 4.39. The minimum Gasteiger partial charge on any atom is -0.497 e. The molecule has 1 fully saturated rings. The van der Waals surface area contributed by atoms with Crippen LogP contribution < -0.4 is 10.1 Å². The minimum atomic E-state index is -0.272. The molecule has 1 aromatic carbocycles. The molecule has 0 spiro atoms. The number of hydrogen-bond acceptors (Lipinski definition) is 3. The number of nitrogens with one attached hydrogen (secondary N) is 1. The van der Waals surface area contributed by atoms with Crippen LogP contribution in [0.25, 0.3) is 0 Å². The Bertz CT molecular complexity index is 484. The van der Waals surface area contributed by atoms with E-state index >= 15 is 0 Å². The Morgan fingerprint density at radius 1 is 1.47 bits per heavy atom. The van der Waals surface area contributed by atoms with Gasteiger partial charge in [-0.25, -0.2) is 4.39 Å². The van der Waals surface area contributed by atoms with Crippen molar-refractivity contribution in [2.45, 2.75) is 38.3 Å². The van der Waals surface area contributed by atoms with Crippen LogP contribution in [0.4, 0.5) is 4.39 Å². The third-order valence-electron chi connectivity index (χ3n) is 3.82. The molecule has 1 aliphatic rings. The van der Waals surface area contributed by atoms with Crippen LogP contribution in [0.2, 0.25) is 0 Å². The summed E-state index contributed by atoms with van der Waals surface area (Å²) in [5, 5.41) is 12.4. The first kappa shape index (κ1) is 13.8. The summed E-state index contributed by atoms with van der Waals surface area (Å²) in [4.78, 5) is 0. The number of benzene rings is 1. The summed E-state index contributed by atoms with van der Waals surface area (Å²) in [6, 6.07) is 7.28. The highest BCUT2D eigenvalue weighted by Crippen LogP contribution is 2.28. The minimum absolute atomic E-state index is 0.0451. The zero-order valence-corrected chi connectivity index (χ0v) is 11.3. The topological polar surface area (TPSA) is 45.0 Å². The Balaban J connectivity index is 2.07. The molecule has 3 unspecified atom stereocenters. The lowest BCUT2D eigenvalue weighted by atomic mass is 10.0. The van der Waals surface area contributed by atoms with Gasteiger partial charge in [-0.15, -0.1) is 0 Å². The fourth-order valence-electron chi connectivity index (χ4n) is 2.71. The number of hydrogen-bond donors (Lipinski definition) is 1. The van der Waals surface area contributed by atoms with Gasteiger partial charge in [-0.1, -0.05) is 12.5 Å². The summed E-state index contributed by atoms with van der Waals surface area (Å²) >= 11 is 0. The highest BCUT2D eigenvalue weighted by Gasteiger charge is 2.28. The average Bonchev–Trinajstić information content (AvgIpc) is 2.85. The molecule has 0 bridgehead atoms. The van der Waals surface area contributed by atoms with E-state index in [0.717, 1.165) is 19.3 Å². The first-order chi connectivity index (χ1) is 9.15. The van der Waals surface area contributed by atoms with Crippen LogP contribution in [0.5, 0.6) is 5.75 Å². The van der Waals surface area contributed by atoms with E-state index in [1.54, 1.807) is 12.1 Å². The highest BCUT2D eigenvalue weighted by molar-refractivity contribution is 5.30. The molecule has 0 aromatic heterocycles. The first-order valence-electron chi connectivity index (χ1n) is 6.64. The molecule has 0 amide bonds. The fraction of sp³-hybridized carbons (Fsp3) is 0.533. The van der Waals surface area contributed by atoms with E-state index in [1.807, 2.05) is 6.92 Å². The molecule has 0 aliphatic heterocycles. The van der Waals surface area contributed by atoms with Crippen LogP contribution >= 0.6 is 0 Å². The lowest BCUT2D eigenvalue weighted by Crippen LogP contribution is -2.34. The molecule has 1 N–H and O–H groups in total. The smallest absolute Gasteiger partial charge is 0.131 e. The monoisotopic (exact) mass is 262 g/mol. The lowest BCUT2D eigenvalue weighted by Gasteiger charge is -2.22. The summed E-state index contributed by atoms with van der Waals surface area (Å²) in [5.74, 6) is 0.291. The van der Waals surface area contributed by atoms with Crippen LogP contribution in [0, 0.1) is 23.1 Å². The maximum Gasteiger partial charge on any atom is 0.131 e. The van der Waals surface area contributed by atoms with E-state index in [9.17, 15) is 4.39 Å². The van der Waals surface area contributed by atoms with Gasteiger partial charge >= 0.3 is 0 Å². The molecular weight excluding hydrogens is 243 g/mol. The summed E-state index contributed by atoms with van der Waals surface area (Å²) in [6.45, 7) is 1.93. The Hall–Kier alpha value is -1.60. The van der Waals surface area contributed by atoms with Gasteiger partial charge in [0.1, 0.15) is 11.6 Å². The number of nitriles is 1. The van der Waals surface area contributed by atoms with E-state index in [0.29, 0.717) is 11.3 Å². The lowest BCUT2D eigenvalue weighted by molar-refractivity contribution is 0.399. The highest BCUT2D eigenvalue weighted by atomic mass is 19.1. The van der Waals surface area contributed by atoms with Gasteiger partial charge in [0.05, 0.1) is 19.1 Å². The van der Waals surface area contributed by atoms with Crippen molar-refractivity contribution in [3.63, 3.8) is 0 Å². The number of nitrogens with zero attached hydrogens (tertiary/aromatic N) is 1. The van der Waals surface area contributed by atoms with Crippen LogP contribution in [0.3, 0.4) is 0 Å². The zero-order valence-electron chi connectivity index (χ0n) is 11.3. The normalized spacial score (nSPS) is 23.9. The molecule has 3 atom stereocenters. The van der Waals surface area contributed by atoms with E-state index in [2.05, 4.69) is 11.4 Å². The van der Waals surface area contributed by atoms with Crippen molar-refractivity contribution in [3.8, 4) is 11.8 Å². The van der Waals surface area contributed by atoms with Crippen molar-refractivity contribution < 1.29 is 9.13 Å². The molecular formula is C15H19FN2O. The van der Waals surface area contributed by atoms with Crippen molar-refractivity contribution in [2.24, 2.45) is 5.92 Å². The second-order valence-corrected chi connectivity index (χ2v) is 5.05. The standard InChI is InChI=1S/C15H19FN2O/c1-10(18-15-5-3-4-11(15)9-17)13-7-6-12(19-2)8-14(13)16/h6-8,10-11,15,18H,3-5H2,1-2H3. The summed E-state index contributed by atoms with van der Waals surface area (Å²) < 4.78 is 18.9. The van der Waals surface area contributed by atoms with Gasteiger partial charge in [-0.2, -0.15) is 5.26 Å². The number of ether oxygens (including phenoxy) is 1. The average molecular weight is 262 g/mol. The summed E-state index contributed by atoms with van der Waals surface area (Å²) in [7, 11) is 1.52. The Morgan fingerprint density at radius 2 is 2.26 bits per heavy atom. The van der Waals surface area contributed by atoms with Crippen molar-refractivity contribution in [2.75, 3.05) is 7.11 Å². The third kappa shape index (κ3) is 3.05. The molecule has 0 saturated heterocycles. The molecule has 3 nitrogen and oxygen atoms in total. The van der Waals surface area contributed by atoms with E-state index in [4.69, 9.17) is 10.00 Å². The van der Waals surface area contributed by atoms with E-state index in [1.165, 1.54) is 13.2 Å². The molecule has 1 aromatic rings. The molecule has 0 heterocycles. The second kappa shape index (κ2) is 6.03. The predicted molar refractivity (Wildman–Crippen MR) is 71.2 cm³/mol. The van der Waals surface area contributed by atoms with E-state index in [-0.39, 0.29) is 23.8 Å². The summed E-state index contributed by atoms with van der Waals surface area (Å²) in [5.41, 5.74) is 0.615. The summed E-state index contributed by atoms with van der Waals surface area (Å²) in [6.07, 6.45) is 2.99. The fourth-order valence-corrected chi connectivity index (χ4v) is 2.71. The van der Waals surface area contributed by atoms with Gasteiger partial charge in [-0.05, 0) is 25.8 Å². The van der Waals surface area contributed by atoms with Crippen LogP contribution in [0.1, 0.15) is 37.8 Å². The zero-order chi connectivity index (χ0) is 13.8. The van der Waals surface area contributed by atoms with Crippen molar-refractivity contribution in [1.82, 2.24) is 5.32 Å². The van der Waals surface area contributed by atoms with Gasteiger partial charge in [0.15, 0.2) is 0 Å². The van der Waals surface area contributed by atoms with Gasteiger partial charge in [0.25, 0.3) is 0 Å². The number of halogens is 1. The second-order valence-electron chi connectivity index (χ2n) is 5.05. The van der Waals surface area contributed by atoms with E-state index < -0.39 is 0 Å². The molecule has 4 heteroatoms. The third-order valence-corrected chi connectivity index (χ3v) is 3.82. The van der Waals surface area contributed by atoms with Crippen LogP contribution in [-0.4, -0.2) is 13.2 Å². The van der Waals surface area contributed by atoms with Crippen molar-refractivity contribution >= 4 is 0 Å².